The van der Waals surface area contributed by atoms with Crippen molar-refractivity contribution in [2.45, 2.75) is 12.5 Å². The van der Waals surface area contributed by atoms with Crippen LogP contribution in [0.5, 0.6) is 5.75 Å². The van der Waals surface area contributed by atoms with Gasteiger partial charge in [-0.2, -0.15) is 0 Å². The molecule has 6 heteroatoms. The van der Waals surface area contributed by atoms with Gasteiger partial charge in [0.1, 0.15) is 17.6 Å². The van der Waals surface area contributed by atoms with Crippen molar-refractivity contribution in [1.29, 1.82) is 0 Å². The average Bonchev–Trinajstić information content (AvgIpc) is 3.01. The lowest BCUT2D eigenvalue weighted by atomic mass is 10.1. The summed E-state index contributed by atoms with van der Waals surface area (Å²) < 4.78 is 10.2. The number of aliphatic hydroxyl groups is 1. The fourth-order valence-electron chi connectivity index (χ4n) is 1.90. The quantitative estimate of drug-likeness (QED) is 0.860. The summed E-state index contributed by atoms with van der Waals surface area (Å²) in [6.45, 7) is 0.302. The Morgan fingerprint density at radius 1 is 1.48 bits per heavy atom. The highest BCUT2D eigenvalue weighted by Crippen LogP contribution is 2.22. The first-order chi connectivity index (χ1) is 10.1. The number of halogens is 1. The van der Waals surface area contributed by atoms with Crippen LogP contribution in [0, 0.1) is 0 Å². The summed E-state index contributed by atoms with van der Waals surface area (Å²) in [7, 11) is 1.49. The zero-order valence-corrected chi connectivity index (χ0v) is 12.3. The molecule has 2 N–H and O–H groups in total. The van der Waals surface area contributed by atoms with Crippen molar-refractivity contribution >= 4 is 17.5 Å². The molecule has 2 rings (SSSR count). The zero-order valence-electron chi connectivity index (χ0n) is 11.5. The lowest BCUT2D eigenvalue weighted by Gasteiger charge is -2.11. The normalized spacial score (nSPS) is 12.0. The number of hydrogen-bond donors (Lipinski definition) is 2. The van der Waals surface area contributed by atoms with Crippen LogP contribution >= 0.6 is 11.6 Å². The Hall–Kier alpha value is -1.98. The third-order valence-corrected chi connectivity index (χ3v) is 3.22. The first kappa shape index (κ1) is 15.4. The molecular formula is C15H16ClNO4. The molecule has 1 amide bonds. The van der Waals surface area contributed by atoms with Gasteiger partial charge >= 0.3 is 0 Å². The fourth-order valence-corrected chi connectivity index (χ4v) is 2.07. The van der Waals surface area contributed by atoms with Gasteiger partial charge in [-0.3, -0.25) is 4.79 Å². The van der Waals surface area contributed by atoms with Crippen LogP contribution in [0.2, 0.25) is 5.02 Å². The minimum Gasteiger partial charge on any atom is -0.496 e. The number of ether oxygens (including phenoxy) is 1. The van der Waals surface area contributed by atoms with E-state index in [4.69, 9.17) is 20.8 Å². The number of hydrogen-bond acceptors (Lipinski definition) is 4. The van der Waals surface area contributed by atoms with Crippen LogP contribution in [0.1, 0.15) is 28.6 Å². The maximum Gasteiger partial charge on any atom is 0.255 e. The number of carbonyl (C=O) groups excluding carboxylic acids is 1. The number of furan rings is 1. The van der Waals surface area contributed by atoms with E-state index in [1.807, 2.05) is 0 Å². The number of methoxy groups -OCH3 is 1. The molecule has 1 heterocycles. The summed E-state index contributed by atoms with van der Waals surface area (Å²) in [5.41, 5.74) is 0.359. The number of amides is 1. The van der Waals surface area contributed by atoms with Gasteiger partial charge in [0.05, 0.1) is 18.9 Å². The Morgan fingerprint density at radius 2 is 2.29 bits per heavy atom. The van der Waals surface area contributed by atoms with Crippen LogP contribution in [0.15, 0.2) is 41.0 Å². The maximum atomic E-state index is 12.1. The molecule has 1 aromatic heterocycles. The molecule has 21 heavy (non-hydrogen) atoms. The Bertz CT molecular complexity index is 598. The Kier molecular flexibility index (Phi) is 5.25. The van der Waals surface area contributed by atoms with Gasteiger partial charge in [-0.25, -0.2) is 0 Å². The van der Waals surface area contributed by atoms with Crippen molar-refractivity contribution in [2.24, 2.45) is 0 Å². The molecule has 0 aliphatic carbocycles. The predicted octanol–water partition coefficient (Wildman–Crippen LogP) is 2.80. The number of rotatable bonds is 6. The minimum atomic E-state index is -0.749. The Morgan fingerprint density at radius 3 is 2.95 bits per heavy atom. The monoisotopic (exact) mass is 309 g/mol. The van der Waals surface area contributed by atoms with Crippen molar-refractivity contribution < 1.29 is 19.1 Å². The van der Waals surface area contributed by atoms with Gasteiger partial charge in [-0.15, -0.1) is 0 Å². The number of nitrogens with one attached hydrogen (secondary N) is 1. The second kappa shape index (κ2) is 7.15. The topological polar surface area (TPSA) is 71.7 Å². The van der Waals surface area contributed by atoms with E-state index in [0.29, 0.717) is 35.1 Å². The maximum absolute atomic E-state index is 12.1. The van der Waals surface area contributed by atoms with Crippen LogP contribution in [-0.4, -0.2) is 24.7 Å². The van der Waals surface area contributed by atoms with Crippen molar-refractivity contribution in [3.8, 4) is 5.75 Å². The molecule has 112 valence electrons. The van der Waals surface area contributed by atoms with E-state index in [1.54, 1.807) is 30.3 Å². The molecule has 0 saturated heterocycles. The van der Waals surface area contributed by atoms with Crippen LogP contribution in [0.25, 0.3) is 0 Å². The van der Waals surface area contributed by atoms with E-state index in [2.05, 4.69) is 5.32 Å². The molecule has 2 aromatic rings. The van der Waals surface area contributed by atoms with Gasteiger partial charge in [-0.05, 0) is 36.8 Å². The number of carbonyl (C=O) groups is 1. The van der Waals surface area contributed by atoms with Gasteiger partial charge in [0, 0.05) is 11.6 Å². The van der Waals surface area contributed by atoms with Gasteiger partial charge in [-0.1, -0.05) is 11.6 Å². The second-order valence-electron chi connectivity index (χ2n) is 4.42. The summed E-state index contributed by atoms with van der Waals surface area (Å²) in [5.74, 6) is 0.620. The van der Waals surface area contributed by atoms with Gasteiger partial charge < -0.3 is 19.6 Å². The lowest BCUT2D eigenvalue weighted by Crippen LogP contribution is -2.26. The lowest BCUT2D eigenvalue weighted by molar-refractivity contribution is 0.0933. The Labute approximate surface area is 127 Å². The first-order valence-electron chi connectivity index (χ1n) is 6.45. The molecule has 0 saturated carbocycles. The van der Waals surface area contributed by atoms with E-state index in [1.165, 1.54) is 13.4 Å². The first-order valence-corrected chi connectivity index (χ1v) is 6.83. The standard InChI is InChI=1S/C15H16ClNO4/c1-20-13-5-4-10(16)9-11(13)15(19)17-7-6-12(18)14-3-2-8-21-14/h2-5,8-9,12,18H,6-7H2,1H3,(H,17,19). The van der Waals surface area contributed by atoms with E-state index in [0.717, 1.165) is 0 Å². The van der Waals surface area contributed by atoms with Crippen molar-refractivity contribution in [1.82, 2.24) is 5.32 Å². The van der Waals surface area contributed by atoms with Crippen molar-refractivity contribution in [3.05, 3.63) is 52.9 Å². The van der Waals surface area contributed by atoms with Crippen LogP contribution in [-0.2, 0) is 0 Å². The molecular weight excluding hydrogens is 294 g/mol. The smallest absolute Gasteiger partial charge is 0.255 e. The van der Waals surface area contributed by atoms with Gasteiger partial charge in [0.2, 0.25) is 0 Å². The molecule has 1 unspecified atom stereocenters. The third kappa shape index (κ3) is 4.00. The Balaban J connectivity index is 1.91. The summed E-state index contributed by atoms with van der Waals surface area (Å²) in [6, 6.07) is 8.21. The highest BCUT2D eigenvalue weighted by atomic mass is 35.5. The largest absolute Gasteiger partial charge is 0.496 e. The fraction of sp³-hybridized carbons (Fsp3) is 0.267. The van der Waals surface area contributed by atoms with E-state index in [9.17, 15) is 9.90 Å². The van der Waals surface area contributed by atoms with Gasteiger partial charge in [0.25, 0.3) is 5.91 Å². The SMILES string of the molecule is COc1ccc(Cl)cc1C(=O)NCCC(O)c1ccco1. The van der Waals surface area contributed by atoms with Crippen LogP contribution < -0.4 is 10.1 Å². The highest BCUT2D eigenvalue weighted by molar-refractivity contribution is 6.31. The molecule has 0 aliphatic rings. The average molecular weight is 310 g/mol. The molecule has 5 nitrogen and oxygen atoms in total. The van der Waals surface area contributed by atoms with E-state index < -0.39 is 6.10 Å². The molecule has 0 aliphatic heterocycles. The van der Waals surface area contributed by atoms with Crippen molar-refractivity contribution in [3.63, 3.8) is 0 Å². The second-order valence-corrected chi connectivity index (χ2v) is 4.86. The van der Waals surface area contributed by atoms with Gasteiger partial charge in [0.15, 0.2) is 0 Å². The molecule has 0 radical (unpaired) electrons. The zero-order chi connectivity index (χ0) is 15.2. The molecule has 1 aromatic carbocycles. The van der Waals surface area contributed by atoms with Crippen LogP contribution in [0.4, 0.5) is 0 Å². The van der Waals surface area contributed by atoms with E-state index in [-0.39, 0.29) is 5.91 Å². The summed E-state index contributed by atoms with van der Waals surface area (Å²) in [4.78, 5) is 12.1. The van der Waals surface area contributed by atoms with E-state index >= 15 is 0 Å². The third-order valence-electron chi connectivity index (χ3n) is 2.98. The molecule has 1 atom stereocenters. The summed E-state index contributed by atoms with van der Waals surface area (Å²) in [5, 5.41) is 13.0. The number of aliphatic hydroxyl groups excluding tert-OH is 1. The number of benzene rings is 1. The summed E-state index contributed by atoms with van der Waals surface area (Å²) in [6.07, 6.45) is 1.09. The minimum absolute atomic E-state index is 0.302. The van der Waals surface area contributed by atoms with Crippen molar-refractivity contribution in [2.75, 3.05) is 13.7 Å². The molecule has 0 bridgehead atoms. The molecule has 0 fully saturated rings. The predicted molar refractivity (Wildman–Crippen MR) is 78.6 cm³/mol. The summed E-state index contributed by atoms with van der Waals surface area (Å²) >= 11 is 5.88. The highest BCUT2D eigenvalue weighted by Gasteiger charge is 2.14. The molecule has 0 spiro atoms. The van der Waals surface area contributed by atoms with Crippen LogP contribution in [0.3, 0.4) is 0 Å².